The third-order valence-electron chi connectivity index (χ3n) is 3.62. The molecule has 1 aliphatic rings. The molecule has 2 atom stereocenters. The molecule has 5 heteroatoms. The molecule has 1 aromatic rings. The minimum atomic E-state index is -4.35. The van der Waals surface area contributed by atoms with Crippen LogP contribution in [-0.4, -0.2) is 18.7 Å². The fourth-order valence-electron chi connectivity index (χ4n) is 2.31. The quantitative estimate of drug-likeness (QED) is 0.890. The lowest BCUT2D eigenvalue weighted by Crippen LogP contribution is -2.48. The molecule has 0 spiro atoms. The number of benzene rings is 1. The number of hydrogen-bond donors (Lipinski definition) is 1. The SMILES string of the molecule is CCC1(C)CNCC(c2ccccc2C(F)(F)F)O1. The molecule has 0 aliphatic carbocycles. The largest absolute Gasteiger partial charge is 0.416 e. The molecule has 2 nitrogen and oxygen atoms in total. The van der Waals surface area contributed by atoms with Crippen LogP contribution in [0.1, 0.15) is 37.5 Å². The molecule has 0 bridgehead atoms. The van der Waals surface area contributed by atoms with E-state index in [-0.39, 0.29) is 5.56 Å². The van der Waals surface area contributed by atoms with Crippen molar-refractivity contribution in [3.8, 4) is 0 Å². The van der Waals surface area contributed by atoms with Crippen molar-refractivity contribution < 1.29 is 17.9 Å². The predicted molar refractivity (Wildman–Crippen MR) is 66.8 cm³/mol. The van der Waals surface area contributed by atoms with E-state index in [1.54, 1.807) is 6.07 Å². The van der Waals surface area contributed by atoms with E-state index in [4.69, 9.17) is 4.74 Å². The smallest absolute Gasteiger partial charge is 0.365 e. The third-order valence-corrected chi connectivity index (χ3v) is 3.62. The van der Waals surface area contributed by atoms with Gasteiger partial charge in [0, 0.05) is 13.1 Å². The second-order valence-electron chi connectivity index (χ2n) is 5.13. The highest BCUT2D eigenvalue weighted by molar-refractivity contribution is 5.32. The first-order valence-electron chi connectivity index (χ1n) is 6.40. The standard InChI is InChI=1S/C14H18F3NO/c1-3-13(2)9-18-8-12(19-13)10-6-4-5-7-11(10)14(15,16)17/h4-7,12,18H,3,8-9H2,1-2H3. The molecule has 2 rings (SSSR count). The summed E-state index contributed by atoms with van der Waals surface area (Å²) in [7, 11) is 0. The van der Waals surface area contributed by atoms with Crippen molar-refractivity contribution in [2.45, 2.75) is 38.1 Å². The molecular weight excluding hydrogens is 255 g/mol. The number of rotatable bonds is 2. The van der Waals surface area contributed by atoms with Crippen LogP contribution in [0.4, 0.5) is 13.2 Å². The van der Waals surface area contributed by atoms with Crippen LogP contribution < -0.4 is 5.32 Å². The summed E-state index contributed by atoms with van der Waals surface area (Å²) in [6.45, 7) is 4.96. The van der Waals surface area contributed by atoms with Gasteiger partial charge in [0.1, 0.15) is 0 Å². The fourth-order valence-corrected chi connectivity index (χ4v) is 2.31. The zero-order valence-electron chi connectivity index (χ0n) is 11.1. The molecule has 1 N–H and O–H groups in total. The summed E-state index contributed by atoms with van der Waals surface area (Å²) in [4.78, 5) is 0. The summed E-state index contributed by atoms with van der Waals surface area (Å²) in [6, 6.07) is 5.63. The molecule has 1 aliphatic heterocycles. The Balaban J connectivity index is 2.32. The zero-order chi connectivity index (χ0) is 14.1. The van der Waals surface area contributed by atoms with Gasteiger partial charge >= 0.3 is 6.18 Å². The van der Waals surface area contributed by atoms with Gasteiger partial charge in [0.25, 0.3) is 0 Å². The normalized spacial score (nSPS) is 28.4. The van der Waals surface area contributed by atoms with Gasteiger partial charge in [-0.1, -0.05) is 25.1 Å². The molecule has 0 amide bonds. The van der Waals surface area contributed by atoms with Crippen LogP contribution in [0.3, 0.4) is 0 Å². The Hall–Kier alpha value is -1.07. The van der Waals surface area contributed by atoms with Crippen molar-refractivity contribution in [1.82, 2.24) is 5.32 Å². The van der Waals surface area contributed by atoms with Crippen LogP contribution in [0.5, 0.6) is 0 Å². The Morgan fingerprint density at radius 2 is 2.05 bits per heavy atom. The maximum absolute atomic E-state index is 13.0. The third kappa shape index (κ3) is 3.09. The lowest BCUT2D eigenvalue weighted by molar-refractivity contribution is -0.144. The monoisotopic (exact) mass is 273 g/mol. The molecule has 0 saturated carbocycles. The van der Waals surface area contributed by atoms with Gasteiger partial charge < -0.3 is 10.1 Å². The second kappa shape index (κ2) is 5.13. The van der Waals surface area contributed by atoms with Crippen LogP contribution >= 0.6 is 0 Å². The van der Waals surface area contributed by atoms with E-state index in [0.717, 1.165) is 12.5 Å². The van der Waals surface area contributed by atoms with E-state index >= 15 is 0 Å². The summed E-state index contributed by atoms with van der Waals surface area (Å²) < 4.78 is 44.9. The number of nitrogens with one attached hydrogen (secondary N) is 1. The summed E-state index contributed by atoms with van der Waals surface area (Å²) in [6.07, 6.45) is -4.15. The van der Waals surface area contributed by atoms with Gasteiger partial charge in [-0.15, -0.1) is 0 Å². The molecule has 106 valence electrons. The predicted octanol–water partition coefficient (Wildman–Crippen LogP) is 3.54. The van der Waals surface area contributed by atoms with E-state index < -0.39 is 23.4 Å². The van der Waals surface area contributed by atoms with E-state index in [1.807, 2.05) is 13.8 Å². The first kappa shape index (κ1) is 14.3. The minimum Gasteiger partial charge on any atom is -0.365 e. The Bertz CT molecular complexity index is 447. The Kier molecular flexibility index (Phi) is 3.87. The average Bonchev–Trinajstić information content (AvgIpc) is 2.38. The lowest BCUT2D eigenvalue weighted by Gasteiger charge is -2.39. The molecule has 1 heterocycles. The lowest BCUT2D eigenvalue weighted by atomic mass is 9.96. The molecule has 0 aromatic heterocycles. The average molecular weight is 273 g/mol. The van der Waals surface area contributed by atoms with Crippen LogP contribution in [0, 0.1) is 0 Å². The highest BCUT2D eigenvalue weighted by Crippen LogP contribution is 2.38. The topological polar surface area (TPSA) is 21.3 Å². The molecule has 19 heavy (non-hydrogen) atoms. The maximum atomic E-state index is 13.0. The first-order chi connectivity index (χ1) is 8.86. The Morgan fingerprint density at radius 3 is 2.68 bits per heavy atom. The van der Waals surface area contributed by atoms with Crippen molar-refractivity contribution in [3.05, 3.63) is 35.4 Å². The van der Waals surface area contributed by atoms with Gasteiger partial charge in [-0.25, -0.2) is 0 Å². The number of ether oxygens (including phenoxy) is 1. The van der Waals surface area contributed by atoms with E-state index in [9.17, 15) is 13.2 Å². The molecule has 1 fully saturated rings. The van der Waals surface area contributed by atoms with Gasteiger partial charge in [-0.05, 0) is 25.0 Å². The fraction of sp³-hybridized carbons (Fsp3) is 0.571. The van der Waals surface area contributed by atoms with Crippen molar-refractivity contribution in [2.75, 3.05) is 13.1 Å². The summed E-state index contributed by atoms with van der Waals surface area (Å²) >= 11 is 0. The zero-order valence-corrected chi connectivity index (χ0v) is 11.1. The summed E-state index contributed by atoms with van der Waals surface area (Å²) in [5, 5.41) is 3.16. The van der Waals surface area contributed by atoms with Gasteiger partial charge in [0.15, 0.2) is 0 Å². The molecule has 2 unspecified atom stereocenters. The van der Waals surface area contributed by atoms with E-state index in [1.165, 1.54) is 12.1 Å². The number of alkyl halides is 3. The van der Waals surface area contributed by atoms with Crippen LogP contribution in [0.15, 0.2) is 24.3 Å². The van der Waals surface area contributed by atoms with E-state index in [0.29, 0.717) is 13.1 Å². The highest BCUT2D eigenvalue weighted by atomic mass is 19.4. The van der Waals surface area contributed by atoms with Crippen LogP contribution in [-0.2, 0) is 10.9 Å². The second-order valence-corrected chi connectivity index (χ2v) is 5.13. The summed E-state index contributed by atoms with van der Waals surface area (Å²) in [5.74, 6) is 0. The molecule has 1 saturated heterocycles. The van der Waals surface area contributed by atoms with Crippen molar-refractivity contribution in [2.24, 2.45) is 0 Å². The van der Waals surface area contributed by atoms with Crippen LogP contribution in [0.2, 0.25) is 0 Å². The Labute approximate surface area is 111 Å². The first-order valence-corrected chi connectivity index (χ1v) is 6.40. The minimum absolute atomic E-state index is 0.210. The van der Waals surface area contributed by atoms with Gasteiger partial charge in [-0.2, -0.15) is 13.2 Å². The van der Waals surface area contributed by atoms with Gasteiger partial charge in [0.2, 0.25) is 0 Å². The molecular formula is C14H18F3NO. The Morgan fingerprint density at radius 1 is 1.37 bits per heavy atom. The molecule has 0 radical (unpaired) electrons. The maximum Gasteiger partial charge on any atom is 0.416 e. The van der Waals surface area contributed by atoms with Gasteiger partial charge in [0.05, 0.1) is 17.3 Å². The van der Waals surface area contributed by atoms with Crippen LogP contribution in [0.25, 0.3) is 0 Å². The van der Waals surface area contributed by atoms with Crippen molar-refractivity contribution >= 4 is 0 Å². The van der Waals surface area contributed by atoms with Crippen molar-refractivity contribution in [3.63, 3.8) is 0 Å². The number of morpholine rings is 1. The highest BCUT2D eigenvalue weighted by Gasteiger charge is 2.38. The van der Waals surface area contributed by atoms with Crippen molar-refractivity contribution in [1.29, 1.82) is 0 Å². The number of hydrogen-bond acceptors (Lipinski definition) is 2. The van der Waals surface area contributed by atoms with Gasteiger partial charge in [-0.3, -0.25) is 0 Å². The molecule has 1 aromatic carbocycles. The van der Waals surface area contributed by atoms with E-state index in [2.05, 4.69) is 5.32 Å². The number of halogens is 3. The summed E-state index contributed by atoms with van der Waals surface area (Å²) in [5.41, 5.74) is -0.814.